The maximum absolute atomic E-state index is 11.2. The Morgan fingerprint density at radius 1 is 1.14 bits per heavy atom. The average Bonchev–Trinajstić information content (AvgIpc) is 2.68. The molecular formula is C27H42O2. The van der Waals surface area contributed by atoms with Gasteiger partial charge in [0.05, 0.1) is 6.61 Å². The van der Waals surface area contributed by atoms with Gasteiger partial charge in [-0.2, -0.15) is 0 Å². The fourth-order valence-electron chi connectivity index (χ4n) is 5.89. The summed E-state index contributed by atoms with van der Waals surface area (Å²) in [5.41, 5.74) is 5.15. The third kappa shape index (κ3) is 4.15. The van der Waals surface area contributed by atoms with Crippen LogP contribution in [0.2, 0.25) is 0 Å². The van der Waals surface area contributed by atoms with Crippen LogP contribution in [0.5, 0.6) is 5.75 Å². The van der Waals surface area contributed by atoms with Gasteiger partial charge in [-0.25, -0.2) is 0 Å². The molecule has 2 aliphatic rings. The Labute approximate surface area is 178 Å². The minimum absolute atomic E-state index is 0.0731. The maximum atomic E-state index is 11.2. The largest absolute Gasteiger partial charge is 0.508 e. The Bertz CT molecular complexity index is 756. The summed E-state index contributed by atoms with van der Waals surface area (Å²) in [4.78, 5) is 0. The molecule has 2 nitrogen and oxygen atoms in total. The number of aromatic hydroxyl groups is 1. The summed E-state index contributed by atoms with van der Waals surface area (Å²) in [6.07, 6.45) is 10.4. The van der Waals surface area contributed by atoms with Crippen LogP contribution in [-0.2, 0) is 5.41 Å². The van der Waals surface area contributed by atoms with E-state index in [1.54, 1.807) is 0 Å². The Kier molecular flexibility index (Phi) is 6.53. The average molecular weight is 399 g/mol. The third-order valence-electron chi connectivity index (χ3n) is 8.37. The second-order valence-corrected chi connectivity index (χ2v) is 10.9. The minimum atomic E-state index is 0.0731. The lowest BCUT2D eigenvalue weighted by Gasteiger charge is -2.51. The number of aliphatic hydroxyl groups excluding tert-OH is 1. The highest BCUT2D eigenvalue weighted by Crippen LogP contribution is 2.60. The number of fused-ring (bicyclic) bond motifs is 3. The molecule has 2 unspecified atom stereocenters. The Morgan fingerprint density at radius 2 is 1.86 bits per heavy atom. The van der Waals surface area contributed by atoms with Crippen LogP contribution in [0.4, 0.5) is 0 Å². The van der Waals surface area contributed by atoms with Gasteiger partial charge in [0.15, 0.2) is 0 Å². The van der Waals surface area contributed by atoms with E-state index < -0.39 is 0 Å². The molecule has 3 rings (SSSR count). The first-order chi connectivity index (χ1) is 13.6. The molecule has 1 aromatic carbocycles. The Hall–Kier alpha value is -1.28. The van der Waals surface area contributed by atoms with Gasteiger partial charge in [-0.05, 0) is 70.6 Å². The molecule has 1 aromatic rings. The van der Waals surface area contributed by atoms with E-state index in [1.165, 1.54) is 36.8 Å². The van der Waals surface area contributed by atoms with Crippen molar-refractivity contribution in [3.8, 4) is 5.75 Å². The molecule has 2 N–H and O–H groups in total. The summed E-state index contributed by atoms with van der Waals surface area (Å²) in [7, 11) is 0. The van der Waals surface area contributed by atoms with Gasteiger partial charge in [0.2, 0.25) is 0 Å². The van der Waals surface area contributed by atoms with Crippen molar-refractivity contribution in [2.45, 2.75) is 104 Å². The zero-order valence-corrected chi connectivity index (χ0v) is 19.5. The molecule has 162 valence electrons. The molecule has 2 heteroatoms. The summed E-state index contributed by atoms with van der Waals surface area (Å²) in [6.45, 7) is 14.2. The van der Waals surface area contributed by atoms with Crippen LogP contribution in [0.1, 0.15) is 115 Å². The van der Waals surface area contributed by atoms with Gasteiger partial charge in [-0.1, -0.05) is 79.4 Å². The third-order valence-corrected chi connectivity index (χ3v) is 8.37. The number of rotatable bonds is 7. The lowest BCUT2D eigenvalue weighted by molar-refractivity contribution is 0.114. The lowest BCUT2D eigenvalue weighted by Crippen LogP contribution is -2.40. The van der Waals surface area contributed by atoms with Gasteiger partial charge >= 0.3 is 0 Å². The molecule has 29 heavy (non-hydrogen) atoms. The van der Waals surface area contributed by atoms with Crippen LogP contribution in [0.25, 0.3) is 0 Å². The molecule has 0 radical (unpaired) electrons. The summed E-state index contributed by atoms with van der Waals surface area (Å²) < 4.78 is 0. The lowest BCUT2D eigenvalue weighted by atomic mass is 9.53. The van der Waals surface area contributed by atoms with Crippen LogP contribution in [0, 0.1) is 11.3 Å². The molecule has 0 aromatic heterocycles. The van der Waals surface area contributed by atoms with Crippen molar-refractivity contribution < 1.29 is 10.2 Å². The number of aliphatic hydroxyl groups is 1. The SMILES string of the molecule is CCCCCCC(C)(C)c1cc(O)c2c(c1)C(C)C(C)(C)C1CC=C(CO)C[C@H]21. The fraction of sp³-hybridized carbons (Fsp3) is 0.704. The van der Waals surface area contributed by atoms with Crippen LogP contribution >= 0.6 is 0 Å². The van der Waals surface area contributed by atoms with E-state index in [0.717, 1.165) is 30.4 Å². The van der Waals surface area contributed by atoms with E-state index in [0.29, 0.717) is 23.5 Å². The van der Waals surface area contributed by atoms with Crippen molar-refractivity contribution in [2.24, 2.45) is 11.3 Å². The van der Waals surface area contributed by atoms with Crippen molar-refractivity contribution >= 4 is 0 Å². The molecule has 0 heterocycles. The summed E-state index contributed by atoms with van der Waals surface area (Å²) >= 11 is 0. The molecule has 3 atom stereocenters. The summed E-state index contributed by atoms with van der Waals surface area (Å²) in [6, 6.07) is 4.46. The molecule has 0 aliphatic heterocycles. The highest BCUT2D eigenvalue weighted by molar-refractivity contribution is 5.52. The first-order valence-electron chi connectivity index (χ1n) is 11.8. The predicted octanol–water partition coefficient (Wildman–Crippen LogP) is 7.20. The molecule has 0 bridgehead atoms. The van der Waals surface area contributed by atoms with E-state index in [4.69, 9.17) is 0 Å². The topological polar surface area (TPSA) is 40.5 Å². The number of benzene rings is 1. The van der Waals surface area contributed by atoms with Crippen LogP contribution in [-0.4, -0.2) is 16.8 Å². The molecule has 2 aliphatic carbocycles. The van der Waals surface area contributed by atoms with Crippen molar-refractivity contribution in [3.63, 3.8) is 0 Å². The van der Waals surface area contributed by atoms with Crippen molar-refractivity contribution in [3.05, 3.63) is 40.5 Å². The number of phenolic OH excluding ortho intramolecular Hbond substituents is 1. The highest BCUT2D eigenvalue weighted by atomic mass is 16.3. The van der Waals surface area contributed by atoms with Gasteiger partial charge < -0.3 is 10.2 Å². The van der Waals surface area contributed by atoms with Gasteiger partial charge in [0.1, 0.15) is 5.75 Å². The maximum Gasteiger partial charge on any atom is 0.119 e. The summed E-state index contributed by atoms with van der Waals surface area (Å²) in [5, 5.41) is 20.9. The normalized spacial score (nSPS) is 25.9. The smallest absolute Gasteiger partial charge is 0.119 e. The molecule has 0 saturated carbocycles. The molecule has 0 spiro atoms. The van der Waals surface area contributed by atoms with Crippen molar-refractivity contribution in [1.29, 1.82) is 0 Å². The first-order valence-corrected chi connectivity index (χ1v) is 11.8. The second kappa shape index (κ2) is 8.46. The predicted molar refractivity (Wildman–Crippen MR) is 123 cm³/mol. The zero-order chi connectivity index (χ0) is 21.4. The fourth-order valence-corrected chi connectivity index (χ4v) is 5.89. The van der Waals surface area contributed by atoms with Crippen molar-refractivity contribution in [1.82, 2.24) is 0 Å². The number of unbranched alkanes of at least 4 members (excludes halogenated alkanes) is 3. The molecule has 0 fully saturated rings. The number of phenols is 1. The monoisotopic (exact) mass is 398 g/mol. The number of hydrogen-bond donors (Lipinski definition) is 2. The van der Waals surface area contributed by atoms with Gasteiger partial charge in [-0.15, -0.1) is 0 Å². The van der Waals surface area contributed by atoms with Crippen LogP contribution in [0.15, 0.2) is 23.8 Å². The van der Waals surface area contributed by atoms with E-state index >= 15 is 0 Å². The molecule has 0 saturated heterocycles. The van der Waals surface area contributed by atoms with Crippen LogP contribution in [0.3, 0.4) is 0 Å². The molecule has 0 amide bonds. The zero-order valence-electron chi connectivity index (χ0n) is 19.5. The Morgan fingerprint density at radius 3 is 2.52 bits per heavy atom. The highest BCUT2D eigenvalue weighted by Gasteiger charge is 2.48. The van der Waals surface area contributed by atoms with E-state index in [-0.39, 0.29) is 17.4 Å². The molecular weight excluding hydrogens is 356 g/mol. The van der Waals surface area contributed by atoms with Crippen molar-refractivity contribution in [2.75, 3.05) is 6.61 Å². The quantitative estimate of drug-likeness (QED) is 0.377. The van der Waals surface area contributed by atoms with Gasteiger partial charge in [0.25, 0.3) is 0 Å². The second-order valence-electron chi connectivity index (χ2n) is 10.9. The standard InChI is InChI=1S/C27H42O2/c1-7-8-9-10-13-26(3,4)20-15-21-18(2)27(5,6)23-12-11-19(17-28)14-22(23)25(21)24(29)16-20/h11,15-16,18,22-23,28-29H,7-10,12-14,17H2,1-6H3/t18?,22-,23?/m0/s1. The van der Waals surface area contributed by atoms with E-state index in [2.05, 4.69) is 59.8 Å². The number of allylic oxidation sites excluding steroid dienone is 1. The summed E-state index contributed by atoms with van der Waals surface area (Å²) in [5.74, 6) is 1.71. The van der Waals surface area contributed by atoms with Gasteiger partial charge in [-0.3, -0.25) is 0 Å². The van der Waals surface area contributed by atoms with E-state index in [9.17, 15) is 10.2 Å². The van der Waals surface area contributed by atoms with E-state index in [1.807, 2.05) is 0 Å². The number of hydrogen-bond acceptors (Lipinski definition) is 2. The van der Waals surface area contributed by atoms with Crippen LogP contribution < -0.4 is 0 Å². The first kappa shape index (κ1) is 22.4. The van der Waals surface area contributed by atoms with Gasteiger partial charge in [0, 0.05) is 5.56 Å². The Balaban J connectivity index is 1.99. The minimum Gasteiger partial charge on any atom is -0.508 e.